The zero-order valence-electron chi connectivity index (χ0n) is 5.62. The summed E-state index contributed by atoms with van der Waals surface area (Å²) in [6, 6.07) is 4.10. The van der Waals surface area contributed by atoms with Gasteiger partial charge in [-0.1, -0.05) is 12.2 Å². The Morgan fingerprint density at radius 2 is 2.00 bits per heavy atom. The van der Waals surface area contributed by atoms with Gasteiger partial charge in [0.25, 0.3) is 0 Å². The highest BCUT2D eigenvalue weighted by atomic mass is 28.3. The Balaban J connectivity index is 2.76. The first kappa shape index (κ1) is 6.36. The van der Waals surface area contributed by atoms with E-state index in [4.69, 9.17) is 0 Å². The smallest absolute Gasteiger partial charge is 0.165 e. The molecule has 1 aromatic rings. The standard InChI is InChI=1S/C7H11NSi/c1-3-9(2)8-6-4-5-7-8/h3-7,9H,1H2,2H3. The van der Waals surface area contributed by atoms with Crippen molar-refractivity contribution < 1.29 is 0 Å². The van der Waals surface area contributed by atoms with Crippen LogP contribution >= 0.6 is 0 Å². The van der Waals surface area contributed by atoms with E-state index < -0.39 is 8.96 Å². The maximum absolute atomic E-state index is 3.76. The van der Waals surface area contributed by atoms with Gasteiger partial charge in [0, 0.05) is 0 Å². The molecule has 0 N–H and O–H groups in total. The first-order valence-electron chi connectivity index (χ1n) is 3.09. The lowest BCUT2D eigenvalue weighted by Crippen LogP contribution is -2.14. The van der Waals surface area contributed by atoms with Crippen molar-refractivity contribution in [2.75, 3.05) is 0 Å². The van der Waals surface area contributed by atoms with Crippen LogP contribution in [0.25, 0.3) is 0 Å². The molecular weight excluding hydrogens is 126 g/mol. The summed E-state index contributed by atoms with van der Waals surface area (Å²) >= 11 is 0. The summed E-state index contributed by atoms with van der Waals surface area (Å²) in [4.78, 5) is 0. The lowest BCUT2D eigenvalue weighted by Gasteiger charge is -2.03. The molecular formula is C7H11NSi. The Hall–Kier alpha value is -0.763. The Labute approximate surface area is 57.3 Å². The quantitative estimate of drug-likeness (QED) is 0.543. The van der Waals surface area contributed by atoms with Crippen LogP contribution in [-0.2, 0) is 0 Å². The van der Waals surface area contributed by atoms with Gasteiger partial charge in [0.05, 0.1) is 0 Å². The largest absolute Gasteiger partial charge is 0.380 e. The Morgan fingerprint density at radius 3 is 2.44 bits per heavy atom. The second kappa shape index (κ2) is 2.69. The zero-order chi connectivity index (χ0) is 6.69. The van der Waals surface area contributed by atoms with E-state index in [0.717, 1.165) is 0 Å². The molecule has 9 heavy (non-hydrogen) atoms. The molecule has 0 bridgehead atoms. The van der Waals surface area contributed by atoms with Crippen molar-refractivity contribution in [3.8, 4) is 0 Å². The summed E-state index contributed by atoms with van der Waals surface area (Å²) in [5.74, 6) is 0. The SMILES string of the molecule is C=C[SiH](C)n1cccc1. The van der Waals surface area contributed by atoms with Gasteiger partial charge < -0.3 is 4.23 Å². The molecule has 0 aromatic carbocycles. The molecule has 1 unspecified atom stereocenters. The predicted molar refractivity (Wildman–Crippen MR) is 43.0 cm³/mol. The van der Waals surface area contributed by atoms with Crippen molar-refractivity contribution in [2.45, 2.75) is 6.55 Å². The molecule has 1 nitrogen and oxygen atoms in total. The Kier molecular flexibility index (Phi) is 1.90. The van der Waals surface area contributed by atoms with Gasteiger partial charge in [-0.15, -0.1) is 6.58 Å². The van der Waals surface area contributed by atoms with Crippen LogP contribution < -0.4 is 0 Å². The van der Waals surface area contributed by atoms with E-state index in [2.05, 4.69) is 35.5 Å². The molecule has 1 atom stereocenters. The fourth-order valence-corrected chi connectivity index (χ4v) is 1.73. The molecule has 1 aromatic heterocycles. The van der Waals surface area contributed by atoms with Crippen LogP contribution in [0.2, 0.25) is 6.55 Å². The minimum Gasteiger partial charge on any atom is -0.380 e. The molecule has 0 saturated carbocycles. The summed E-state index contributed by atoms with van der Waals surface area (Å²) in [7, 11) is -0.810. The lowest BCUT2D eigenvalue weighted by atomic mass is 10.7. The van der Waals surface area contributed by atoms with Crippen LogP contribution in [0, 0.1) is 0 Å². The summed E-state index contributed by atoms with van der Waals surface area (Å²) < 4.78 is 2.24. The van der Waals surface area contributed by atoms with Gasteiger partial charge in [0.1, 0.15) is 0 Å². The molecule has 0 amide bonds. The second-order valence-electron chi connectivity index (χ2n) is 2.11. The third-order valence-electron chi connectivity index (χ3n) is 1.44. The Bertz CT molecular complexity index is 179. The normalized spacial score (nSPS) is 13.0. The molecule has 2 heteroatoms. The van der Waals surface area contributed by atoms with Gasteiger partial charge in [-0.3, -0.25) is 0 Å². The third-order valence-corrected chi connectivity index (χ3v) is 3.41. The summed E-state index contributed by atoms with van der Waals surface area (Å²) in [5, 5.41) is 0. The van der Waals surface area contributed by atoms with Crippen LogP contribution in [0.1, 0.15) is 0 Å². The molecule has 1 heterocycles. The number of hydrogen-bond donors (Lipinski definition) is 0. The van der Waals surface area contributed by atoms with Gasteiger partial charge in [-0.2, -0.15) is 0 Å². The van der Waals surface area contributed by atoms with E-state index in [1.54, 1.807) is 0 Å². The van der Waals surface area contributed by atoms with Gasteiger partial charge in [-0.25, -0.2) is 0 Å². The average Bonchev–Trinajstić information content (AvgIpc) is 2.37. The van der Waals surface area contributed by atoms with E-state index in [1.807, 2.05) is 12.1 Å². The first-order valence-corrected chi connectivity index (χ1v) is 5.43. The molecule has 0 saturated heterocycles. The van der Waals surface area contributed by atoms with Crippen molar-refractivity contribution in [1.82, 2.24) is 4.23 Å². The fourth-order valence-electron chi connectivity index (χ4n) is 0.741. The third kappa shape index (κ3) is 1.33. The van der Waals surface area contributed by atoms with Crippen LogP contribution in [-0.4, -0.2) is 13.2 Å². The summed E-state index contributed by atoms with van der Waals surface area (Å²) in [6.07, 6.45) is 4.19. The molecule has 0 aliphatic carbocycles. The van der Waals surface area contributed by atoms with Crippen molar-refractivity contribution in [1.29, 1.82) is 0 Å². The summed E-state index contributed by atoms with van der Waals surface area (Å²) in [6.45, 7) is 6.00. The fraction of sp³-hybridized carbons (Fsp3) is 0.143. The molecule has 0 aliphatic rings. The van der Waals surface area contributed by atoms with Crippen LogP contribution in [0.15, 0.2) is 36.8 Å². The first-order chi connectivity index (χ1) is 4.34. The topological polar surface area (TPSA) is 4.93 Å². The molecule has 0 radical (unpaired) electrons. The number of aromatic nitrogens is 1. The highest BCUT2D eigenvalue weighted by Gasteiger charge is 1.96. The van der Waals surface area contributed by atoms with E-state index in [0.29, 0.717) is 0 Å². The van der Waals surface area contributed by atoms with Crippen molar-refractivity contribution >= 4 is 8.96 Å². The molecule has 1 rings (SSSR count). The van der Waals surface area contributed by atoms with Gasteiger partial charge in [-0.05, 0) is 24.5 Å². The number of hydrogen-bond acceptors (Lipinski definition) is 0. The van der Waals surface area contributed by atoms with Crippen LogP contribution in [0.3, 0.4) is 0 Å². The number of nitrogens with zero attached hydrogens (tertiary/aromatic N) is 1. The zero-order valence-corrected chi connectivity index (χ0v) is 6.77. The minimum absolute atomic E-state index is 0.810. The molecule has 48 valence electrons. The van der Waals surface area contributed by atoms with Crippen molar-refractivity contribution in [2.24, 2.45) is 0 Å². The minimum atomic E-state index is -0.810. The second-order valence-corrected chi connectivity index (χ2v) is 4.66. The highest BCUT2D eigenvalue weighted by Crippen LogP contribution is 1.92. The van der Waals surface area contributed by atoms with Gasteiger partial charge in [0.2, 0.25) is 0 Å². The lowest BCUT2D eigenvalue weighted by molar-refractivity contribution is 1.21. The number of rotatable bonds is 2. The van der Waals surface area contributed by atoms with E-state index in [9.17, 15) is 0 Å². The maximum atomic E-state index is 3.76. The van der Waals surface area contributed by atoms with Crippen molar-refractivity contribution in [3.05, 3.63) is 36.8 Å². The average molecular weight is 137 g/mol. The molecule has 0 aliphatic heterocycles. The van der Waals surface area contributed by atoms with Crippen LogP contribution in [0.4, 0.5) is 0 Å². The van der Waals surface area contributed by atoms with E-state index in [1.165, 1.54) is 0 Å². The van der Waals surface area contributed by atoms with Crippen molar-refractivity contribution in [3.63, 3.8) is 0 Å². The maximum Gasteiger partial charge on any atom is 0.165 e. The molecule has 0 fully saturated rings. The summed E-state index contributed by atoms with van der Waals surface area (Å²) in [5.41, 5.74) is 2.06. The Morgan fingerprint density at radius 1 is 1.44 bits per heavy atom. The van der Waals surface area contributed by atoms with E-state index >= 15 is 0 Å². The van der Waals surface area contributed by atoms with E-state index in [-0.39, 0.29) is 0 Å². The highest BCUT2D eigenvalue weighted by molar-refractivity contribution is 6.61. The molecule has 0 spiro atoms. The monoisotopic (exact) mass is 137 g/mol. The van der Waals surface area contributed by atoms with Crippen LogP contribution in [0.5, 0.6) is 0 Å². The van der Waals surface area contributed by atoms with Gasteiger partial charge >= 0.3 is 0 Å². The van der Waals surface area contributed by atoms with Gasteiger partial charge in [0.15, 0.2) is 8.96 Å². The predicted octanol–water partition coefficient (Wildman–Crippen LogP) is 1.41.